The topological polar surface area (TPSA) is 27.1 Å². The predicted octanol–water partition coefficient (Wildman–Crippen LogP) is 4.38. The third-order valence-corrected chi connectivity index (χ3v) is 4.60. The smallest absolute Gasteiger partial charge is 0.128 e. The van der Waals surface area contributed by atoms with E-state index in [1.807, 2.05) is 13.0 Å². The molecule has 2 heterocycles. The number of fused-ring (bicyclic) bond motifs is 1. The fourth-order valence-corrected chi connectivity index (χ4v) is 3.25. The molecule has 3 nitrogen and oxygen atoms in total. The molecular weight excluding hydrogens is 291 g/mol. The van der Waals surface area contributed by atoms with Crippen molar-refractivity contribution in [3.8, 4) is 0 Å². The summed E-state index contributed by atoms with van der Waals surface area (Å²) in [5, 5.41) is -0.217. The van der Waals surface area contributed by atoms with Crippen LogP contribution in [0.1, 0.15) is 43.1 Å². The molecule has 3 unspecified atom stereocenters. The molecule has 0 bridgehead atoms. The summed E-state index contributed by atoms with van der Waals surface area (Å²) in [5.74, 6) is 1.02. The van der Waals surface area contributed by atoms with Crippen LogP contribution < -0.4 is 0 Å². The van der Waals surface area contributed by atoms with Gasteiger partial charge in [-0.25, -0.2) is 9.37 Å². The number of halogens is 2. The maximum atomic E-state index is 13.8. The lowest BCUT2D eigenvalue weighted by Gasteiger charge is -2.23. The Balaban J connectivity index is 2.17. The highest BCUT2D eigenvalue weighted by molar-refractivity contribution is 6.20. The Labute approximate surface area is 129 Å². The monoisotopic (exact) mass is 310 g/mol. The van der Waals surface area contributed by atoms with Crippen molar-refractivity contribution in [1.29, 1.82) is 0 Å². The first kappa shape index (κ1) is 14.8. The number of benzene rings is 1. The molecule has 1 aromatic heterocycles. The first-order valence-corrected chi connectivity index (χ1v) is 7.82. The summed E-state index contributed by atoms with van der Waals surface area (Å²) in [6.45, 7) is 7.42. The van der Waals surface area contributed by atoms with Gasteiger partial charge in [0.25, 0.3) is 0 Å². The lowest BCUT2D eigenvalue weighted by atomic mass is 10.00. The molecular formula is C16H20ClFN2O. The van der Waals surface area contributed by atoms with E-state index in [-0.39, 0.29) is 17.2 Å². The minimum Gasteiger partial charge on any atom is -0.381 e. The Kier molecular flexibility index (Phi) is 3.93. The number of alkyl halides is 1. The molecule has 1 aliphatic rings. The molecule has 3 rings (SSSR count). The van der Waals surface area contributed by atoms with E-state index in [1.54, 1.807) is 6.92 Å². The van der Waals surface area contributed by atoms with Crippen LogP contribution >= 0.6 is 11.6 Å². The van der Waals surface area contributed by atoms with Gasteiger partial charge in [0.2, 0.25) is 0 Å². The maximum Gasteiger partial charge on any atom is 0.128 e. The van der Waals surface area contributed by atoms with E-state index in [0.29, 0.717) is 17.0 Å². The SMILES string of the molecule is Cc1cc2c(cc1F)nc(C(C)Cl)n2C(C)C1CCOC1. The second-order valence-electron chi connectivity index (χ2n) is 5.91. The number of hydrogen-bond donors (Lipinski definition) is 0. The molecule has 0 spiro atoms. The van der Waals surface area contributed by atoms with Crippen LogP contribution in [-0.2, 0) is 4.74 Å². The van der Waals surface area contributed by atoms with Crippen molar-refractivity contribution < 1.29 is 9.13 Å². The van der Waals surface area contributed by atoms with E-state index in [1.165, 1.54) is 6.07 Å². The quantitative estimate of drug-likeness (QED) is 0.787. The Morgan fingerprint density at radius 3 is 2.81 bits per heavy atom. The summed E-state index contributed by atoms with van der Waals surface area (Å²) in [4.78, 5) is 4.56. The Morgan fingerprint density at radius 1 is 1.43 bits per heavy atom. The summed E-state index contributed by atoms with van der Waals surface area (Å²) in [6.07, 6.45) is 1.04. The van der Waals surface area contributed by atoms with Gasteiger partial charge in [-0.3, -0.25) is 0 Å². The van der Waals surface area contributed by atoms with Gasteiger partial charge in [-0.2, -0.15) is 0 Å². The van der Waals surface area contributed by atoms with Crippen molar-refractivity contribution in [2.24, 2.45) is 5.92 Å². The number of hydrogen-bond acceptors (Lipinski definition) is 2. The van der Waals surface area contributed by atoms with Crippen LogP contribution in [0.2, 0.25) is 0 Å². The molecule has 5 heteroatoms. The Hall–Kier alpha value is -1.13. The summed E-state index contributed by atoms with van der Waals surface area (Å²) in [7, 11) is 0. The fraction of sp³-hybridized carbons (Fsp3) is 0.562. The Morgan fingerprint density at radius 2 is 2.19 bits per heavy atom. The van der Waals surface area contributed by atoms with Crippen molar-refractivity contribution in [3.05, 3.63) is 29.3 Å². The highest BCUT2D eigenvalue weighted by atomic mass is 35.5. The van der Waals surface area contributed by atoms with Gasteiger partial charge in [0.05, 0.1) is 23.0 Å². The van der Waals surface area contributed by atoms with Gasteiger partial charge in [-0.05, 0) is 38.8 Å². The van der Waals surface area contributed by atoms with Crippen LogP contribution in [0.4, 0.5) is 4.39 Å². The summed E-state index contributed by atoms with van der Waals surface area (Å²) >= 11 is 6.30. The number of aromatic nitrogens is 2. The first-order valence-electron chi connectivity index (χ1n) is 7.39. The fourth-order valence-electron chi connectivity index (χ4n) is 3.09. The maximum absolute atomic E-state index is 13.8. The number of nitrogens with zero attached hydrogens (tertiary/aromatic N) is 2. The summed E-state index contributed by atoms with van der Waals surface area (Å²) in [6, 6.07) is 3.60. The lowest BCUT2D eigenvalue weighted by molar-refractivity contribution is 0.175. The highest BCUT2D eigenvalue weighted by Gasteiger charge is 2.28. The molecule has 1 aliphatic heterocycles. The molecule has 0 N–H and O–H groups in total. The zero-order valence-electron chi connectivity index (χ0n) is 12.6. The second-order valence-corrected chi connectivity index (χ2v) is 6.57. The van der Waals surface area contributed by atoms with Crippen LogP contribution in [0.3, 0.4) is 0 Å². The van der Waals surface area contributed by atoms with Crippen molar-refractivity contribution in [2.45, 2.75) is 38.6 Å². The van der Waals surface area contributed by atoms with Crippen LogP contribution in [0.5, 0.6) is 0 Å². The third-order valence-electron chi connectivity index (χ3n) is 4.41. The molecule has 3 atom stereocenters. The van der Waals surface area contributed by atoms with Crippen molar-refractivity contribution in [1.82, 2.24) is 9.55 Å². The van der Waals surface area contributed by atoms with Gasteiger partial charge in [0.15, 0.2) is 0 Å². The van der Waals surface area contributed by atoms with E-state index in [0.717, 1.165) is 31.0 Å². The molecule has 0 radical (unpaired) electrons. The summed E-state index contributed by atoms with van der Waals surface area (Å²) < 4.78 is 21.5. The molecule has 114 valence electrons. The molecule has 21 heavy (non-hydrogen) atoms. The largest absolute Gasteiger partial charge is 0.381 e. The molecule has 1 saturated heterocycles. The van der Waals surface area contributed by atoms with Crippen LogP contribution in [0.25, 0.3) is 11.0 Å². The predicted molar refractivity (Wildman–Crippen MR) is 82.3 cm³/mol. The van der Waals surface area contributed by atoms with Gasteiger partial charge in [0, 0.05) is 24.6 Å². The Bertz CT molecular complexity index is 662. The molecule has 1 fully saturated rings. The first-order chi connectivity index (χ1) is 9.99. The zero-order valence-corrected chi connectivity index (χ0v) is 13.3. The zero-order chi connectivity index (χ0) is 15.1. The van der Waals surface area contributed by atoms with Crippen LogP contribution in [0, 0.1) is 18.7 Å². The van der Waals surface area contributed by atoms with Gasteiger partial charge in [0.1, 0.15) is 11.6 Å². The number of aryl methyl sites for hydroxylation is 1. The average molecular weight is 311 g/mol. The van der Waals surface area contributed by atoms with Crippen molar-refractivity contribution in [2.75, 3.05) is 13.2 Å². The van der Waals surface area contributed by atoms with Gasteiger partial charge in [-0.1, -0.05) is 0 Å². The minimum atomic E-state index is -0.224. The standard InChI is InChI=1S/C16H20ClFN2O/c1-9-6-15-14(7-13(9)18)19-16(10(2)17)20(15)11(3)12-4-5-21-8-12/h6-7,10-12H,4-5,8H2,1-3H3. The van der Waals surface area contributed by atoms with E-state index < -0.39 is 0 Å². The molecule has 0 saturated carbocycles. The molecule has 0 amide bonds. The highest BCUT2D eigenvalue weighted by Crippen LogP contribution is 2.34. The molecule has 0 aliphatic carbocycles. The summed E-state index contributed by atoms with van der Waals surface area (Å²) in [5.41, 5.74) is 2.26. The van der Waals surface area contributed by atoms with Gasteiger partial charge < -0.3 is 9.30 Å². The minimum absolute atomic E-state index is 0.217. The van der Waals surface area contributed by atoms with E-state index in [4.69, 9.17) is 16.3 Å². The average Bonchev–Trinajstić information content (AvgIpc) is 3.06. The molecule has 2 aromatic rings. The van der Waals surface area contributed by atoms with Gasteiger partial charge in [-0.15, -0.1) is 11.6 Å². The second kappa shape index (κ2) is 5.58. The number of ether oxygens (including phenoxy) is 1. The van der Waals surface area contributed by atoms with Crippen LogP contribution in [0.15, 0.2) is 12.1 Å². The number of rotatable bonds is 3. The number of imidazole rings is 1. The van der Waals surface area contributed by atoms with E-state index in [2.05, 4.69) is 16.5 Å². The third kappa shape index (κ3) is 2.55. The normalized spacial score (nSPS) is 21.9. The van der Waals surface area contributed by atoms with Gasteiger partial charge >= 0.3 is 0 Å². The lowest BCUT2D eigenvalue weighted by Crippen LogP contribution is -2.19. The van der Waals surface area contributed by atoms with E-state index >= 15 is 0 Å². The van der Waals surface area contributed by atoms with E-state index in [9.17, 15) is 4.39 Å². The van der Waals surface area contributed by atoms with Crippen LogP contribution in [-0.4, -0.2) is 22.8 Å². The van der Waals surface area contributed by atoms with Crippen molar-refractivity contribution >= 4 is 22.6 Å². The van der Waals surface area contributed by atoms with Crippen molar-refractivity contribution in [3.63, 3.8) is 0 Å². The molecule has 1 aromatic carbocycles.